The minimum Gasteiger partial charge on any atom is -0.462 e. The highest BCUT2D eigenvalue weighted by molar-refractivity contribution is 6.44. The van der Waals surface area contributed by atoms with Crippen LogP contribution in [0.5, 0.6) is 0 Å². The molecule has 0 unspecified atom stereocenters. The lowest BCUT2D eigenvalue weighted by atomic mass is 10.2. The van der Waals surface area contributed by atoms with Crippen molar-refractivity contribution in [3.63, 3.8) is 0 Å². The van der Waals surface area contributed by atoms with Gasteiger partial charge in [0, 0.05) is 6.08 Å². The monoisotopic (exact) mass is 321 g/mol. The third-order valence-corrected chi connectivity index (χ3v) is 3.66. The first kappa shape index (κ1) is 13.9. The summed E-state index contributed by atoms with van der Waals surface area (Å²) >= 11 is 12.0. The van der Waals surface area contributed by atoms with Gasteiger partial charge in [-0.2, -0.15) is 0 Å². The zero-order chi connectivity index (χ0) is 15.0. The first-order valence-corrected chi connectivity index (χ1v) is 6.83. The van der Waals surface area contributed by atoms with Gasteiger partial charge in [-0.25, -0.2) is 9.79 Å². The molecule has 1 aliphatic rings. The highest BCUT2D eigenvalue weighted by Crippen LogP contribution is 2.29. The number of cyclic esters (lactones) is 1. The topological polar surface area (TPSA) is 51.8 Å². The van der Waals surface area contributed by atoms with Crippen LogP contribution in [-0.2, 0) is 9.53 Å². The Labute approximate surface area is 130 Å². The predicted octanol–water partition coefficient (Wildman–Crippen LogP) is 4.24. The smallest absolute Gasteiger partial charge is 0.363 e. The fourth-order valence-electron chi connectivity index (χ4n) is 1.86. The van der Waals surface area contributed by atoms with Crippen LogP contribution in [0, 0.1) is 6.92 Å². The molecule has 0 bridgehead atoms. The quantitative estimate of drug-likeness (QED) is 0.614. The Morgan fingerprint density at radius 3 is 2.71 bits per heavy atom. The van der Waals surface area contributed by atoms with Crippen molar-refractivity contribution < 1.29 is 13.9 Å². The molecule has 0 radical (unpaired) electrons. The molecule has 2 aromatic rings. The second-order valence-electron chi connectivity index (χ2n) is 4.39. The fraction of sp³-hybridized carbons (Fsp3) is 0.0667. The Bertz CT molecular complexity index is 790. The molecule has 0 aliphatic carbocycles. The summed E-state index contributed by atoms with van der Waals surface area (Å²) in [6.07, 6.45) is 1.51. The molecule has 0 saturated heterocycles. The van der Waals surface area contributed by atoms with Gasteiger partial charge in [0.1, 0.15) is 11.5 Å². The van der Waals surface area contributed by atoms with E-state index in [1.165, 1.54) is 6.08 Å². The van der Waals surface area contributed by atoms with Crippen molar-refractivity contribution in [3.8, 4) is 0 Å². The molecule has 21 heavy (non-hydrogen) atoms. The van der Waals surface area contributed by atoms with Gasteiger partial charge in [-0.05, 0) is 31.2 Å². The van der Waals surface area contributed by atoms with Crippen LogP contribution < -0.4 is 0 Å². The first-order valence-electron chi connectivity index (χ1n) is 6.08. The van der Waals surface area contributed by atoms with Crippen LogP contribution in [-0.4, -0.2) is 11.9 Å². The summed E-state index contributed by atoms with van der Waals surface area (Å²) in [7, 11) is 0. The molecular formula is C15H9Cl2NO3. The summed E-state index contributed by atoms with van der Waals surface area (Å²) in [6.45, 7) is 1.81. The number of halogens is 2. The van der Waals surface area contributed by atoms with Crippen molar-refractivity contribution in [2.24, 2.45) is 4.99 Å². The number of esters is 1. The number of aryl methyl sites for hydroxylation is 1. The van der Waals surface area contributed by atoms with Crippen molar-refractivity contribution in [1.82, 2.24) is 0 Å². The van der Waals surface area contributed by atoms with Gasteiger partial charge < -0.3 is 9.15 Å². The van der Waals surface area contributed by atoms with Gasteiger partial charge in [0.15, 0.2) is 5.70 Å². The molecule has 6 heteroatoms. The van der Waals surface area contributed by atoms with E-state index in [4.69, 9.17) is 32.4 Å². The summed E-state index contributed by atoms with van der Waals surface area (Å²) in [5, 5.41) is 0.660. The molecule has 1 aromatic heterocycles. The number of benzene rings is 1. The van der Waals surface area contributed by atoms with E-state index in [0.29, 0.717) is 21.4 Å². The number of hydrogen-bond donors (Lipinski definition) is 0. The zero-order valence-electron chi connectivity index (χ0n) is 10.9. The average Bonchev–Trinajstić information content (AvgIpc) is 3.00. The van der Waals surface area contributed by atoms with E-state index in [2.05, 4.69) is 4.99 Å². The number of carbonyl (C=O) groups excluding carboxylic acids is 1. The Morgan fingerprint density at radius 1 is 1.19 bits per heavy atom. The molecule has 4 nitrogen and oxygen atoms in total. The molecule has 2 heterocycles. The van der Waals surface area contributed by atoms with Gasteiger partial charge in [-0.1, -0.05) is 29.3 Å². The predicted molar refractivity (Wildman–Crippen MR) is 80.5 cm³/mol. The lowest BCUT2D eigenvalue weighted by Crippen LogP contribution is -2.06. The molecule has 0 amide bonds. The van der Waals surface area contributed by atoms with E-state index in [1.54, 1.807) is 30.3 Å². The molecule has 0 atom stereocenters. The number of rotatable bonds is 2. The van der Waals surface area contributed by atoms with E-state index < -0.39 is 5.97 Å². The van der Waals surface area contributed by atoms with Crippen LogP contribution in [0.3, 0.4) is 0 Å². The molecule has 0 N–H and O–H groups in total. The Morgan fingerprint density at radius 2 is 2.00 bits per heavy atom. The van der Waals surface area contributed by atoms with Gasteiger partial charge in [-0.3, -0.25) is 0 Å². The summed E-state index contributed by atoms with van der Waals surface area (Å²) in [5.41, 5.74) is 0.618. The molecule has 1 aromatic carbocycles. The van der Waals surface area contributed by atoms with Gasteiger partial charge >= 0.3 is 5.97 Å². The maximum absolute atomic E-state index is 11.8. The van der Waals surface area contributed by atoms with E-state index in [1.807, 2.05) is 6.92 Å². The number of furan rings is 1. The van der Waals surface area contributed by atoms with Crippen molar-refractivity contribution in [2.45, 2.75) is 6.92 Å². The largest absolute Gasteiger partial charge is 0.462 e. The fourth-order valence-corrected chi connectivity index (χ4v) is 2.24. The highest BCUT2D eigenvalue weighted by atomic mass is 35.5. The minimum absolute atomic E-state index is 0.127. The van der Waals surface area contributed by atoms with Crippen LogP contribution in [0.1, 0.15) is 17.1 Å². The standard InChI is InChI=1S/C15H9Cl2NO3/c1-8-5-6-9(20-8)7-12-15(19)21-14(18-12)10-3-2-4-11(16)13(10)17/h2-7H,1H3/b12-7-. The van der Waals surface area contributed by atoms with Gasteiger partial charge in [0.25, 0.3) is 0 Å². The van der Waals surface area contributed by atoms with Crippen LogP contribution in [0.15, 0.2) is 45.4 Å². The molecule has 1 aliphatic heterocycles. The van der Waals surface area contributed by atoms with Crippen LogP contribution in [0.4, 0.5) is 0 Å². The van der Waals surface area contributed by atoms with E-state index >= 15 is 0 Å². The zero-order valence-corrected chi connectivity index (χ0v) is 12.4. The van der Waals surface area contributed by atoms with Gasteiger partial charge in [-0.15, -0.1) is 0 Å². The summed E-state index contributed by atoms with van der Waals surface area (Å²) in [5.74, 6) is 0.842. The Balaban J connectivity index is 1.99. The van der Waals surface area contributed by atoms with Gasteiger partial charge in [0.05, 0.1) is 15.6 Å². The number of carbonyl (C=O) groups is 1. The molecule has 0 spiro atoms. The number of aliphatic imine (C=N–C) groups is 1. The minimum atomic E-state index is -0.560. The van der Waals surface area contributed by atoms with Crippen molar-refractivity contribution in [3.05, 3.63) is 63.2 Å². The lowest BCUT2D eigenvalue weighted by Gasteiger charge is -2.03. The third kappa shape index (κ3) is 2.73. The maximum atomic E-state index is 11.8. The molecule has 0 saturated carbocycles. The highest BCUT2D eigenvalue weighted by Gasteiger charge is 2.26. The van der Waals surface area contributed by atoms with Crippen LogP contribution >= 0.6 is 23.2 Å². The second kappa shape index (κ2) is 5.39. The number of hydrogen-bond acceptors (Lipinski definition) is 4. The van der Waals surface area contributed by atoms with E-state index in [9.17, 15) is 4.79 Å². The number of nitrogens with zero attached hydrogens (tertiary/aromatic N) is 1. The number of ether oxygens (including phenoxy) is 1. The van der Waals surface area contributed by atoms with Crippen LogP contribution in [0.2, 0.25) is 10.0 Å². The van der Waals surface area contributed by atoms with E-state index in [-0.39, 0.29) is 11.6 Å². The summed E-state index contributed by atoms with van der Waals surface area (Å²) < 4.78 is 10.5. The normalized spacial score (nSPS) is 16.2. The first-order chi connectivity index (χ1) is 10.0. The maximum Gasteiger partial charge on any atom is 0.363 e. The molecule has 0 fully saturated rings. The molecule has 106 valence electrons. The van der Waals surface area contributed by atoms with Crippen molar-refractivity contribution in [1.29, 1.82) is 0 Å². The Hall–Kier alpha value is -2.04. The van der Waals surface area contributed by atoms with Crippen LogP contribution in [0.25, 0.3) is 6.08 Å². The van der Waals surface area contributed by atoms with Gasteiger partial charge in [0.2, 0.25) is 5.90 Å². The third-order valence-electron chi connectivity index (χ3n) is 2.84. The molecular weight excluding hydrogens is 313 g/mol. The SMILES string of the molecule is Cc1ccc(/C=C2\N=C(c3cccc(Cl)c3Cl)OC2=O)o1. The van der Waals surface area contributed by atoms with Crippen molar-refractivity contribution in [2.75, 3.05) is 0 Å². The lowest BCUT2D eigenvalue weighted by molar-refractivity contribution is -0.129. The summed E-state index contributed by atoms with van der Waals surface area (Å²) in [6, 6.07) is 8.57. The second-order valence-corrected chi connectivity index (χ2v) is 5.17. The Kier molecular flexibility index (Phi) is 3.57. The average molecular weight is 322 g/mol. The summed E-state index contributed by atoms with van der Waals surface area (Å²) in [4.78, 5) is 16.0. The van der Waals surface area contributed by atoms with E-state index in [0.717, 1.165) is 5.76 Å². The molecule has 3 rings (SSSR count). The van der Waals surface area contributed by atoms with Crippen molar-refractivity contribution >= 4 is 41.1 Å².